The molecule has 2 N–H and O–H groups in total. The SMILES string of the molecule is CC(CCN)CCCN(C)C. The Morgan fingerprint density at radius 3 is 2.36 bits per heavy atom. The Kier molecular flexibility index (Phi) is 6.57. The van der Waals surface area contributed by atoms with E-state index in [0.717, 1.165) is 12.5 Å². The molecule has 0 saturated carbocycles. The van der Waals surface area contributed by atoms with Gasteiger partial charge >= 0.3 is 0 Å². The van der Waals surface area contributed by atoms with Gasteiger partial charge in [0.05, 0.1) is 0 Å². The van der Waals surface area contributed by atoms with Crippen LogP contribution in [0.1, 0.15) is 26.2 Å². The Hall–Kier alpha value is -0.0800. The van der Waals surface area contributed by atoms with Crippen LogP contribution >= 0.6 is 0 Å². The minimum atomic E-state index is 0.806. The van der Waals surface area contributed by atoms with E-state index in [4.69, 9.17) is 5.73 Å². The summed E-state index contributed by atoms with van der Waals surface area (Å²) in [5.74, 6) is 0.806. The van der Waals surface area contributed by atoms with Gasteiger partial charge in [0.1, 0.15) is 0 Å². The maximum absolute atomic E-state index is 5.45. The van der Waals surface area contributed by atoms with Gasteiger partial charge < -0.3 is 10.6 Å². The van der Waals surface area contributed by atoms with Crippen LogP contribution in [0.25, 0.3) is 0 Å². The van der Waals surface area contributed by atoms with E-state index < -0.39 is 0 Å². The van der Waals surface area contributed by atoms with Crippen molar-refractivity contribution in [1.82, 2.24) is 4.90 Å². The third-order valence-electron chi connectivity index (χ3n) is 1.96. The zero-order valence-corrected chi connectivity index (χ0v) is 8.14. The van der Waals surface area contributed by atoms with E-state index in [1.165, 1.54) is 25.8 Å². The highest BCUT2D eigenvalue weighted by Gasteiger charge is 2.00. The van der Waals surface area contributed by atoms with Crippen molar-refractivity contribution in [3.63, 3.8) is 0 Å². The van der Waals surface area contributed by atoms with Crippen molar-refractivity contribution in [2.45, 2.75) is 26.2 Å². The van der Waals surface area contributed by atoms with Gasteiger partial charge in [-0.05, 0) is 52.4 Å². The first-order chi connectivity index (χ1) is 5.16. The molecule has 0 aromatic carbocycles. The van der Waals surface area contributed by atoms with Crippen molar-refractivity contribution in [3.05, 3.63) is 0 Å². The summed E-state index contributed by atoms with van der Waals surface area (Å²) in [7, 11) is 4.24. The van der Waals surface area contributed by atoms with Gasteiger partial charge in [-0.1, -0.05) is 6.92 Å². The maximum atomic E-state index is 5.45. The monoisotopic (exact) mass is 158 g/mol. The fourth-order valence-electron chi connectivity index (χ4n) is 1.18. The molecule has 0 amide bonds. The summed E-state index contributed by atoms with van der Waals surface area (Å²) in [5.41, 5.74) is 5.45. The lowest BCUT2D eigenvalue weighted by Crippen LogP contribution is -2.14. The van der Waals surface area contributed by atoms with Crippen molar-refractivity contribution in [3.8, 4) is 0 Å². The van der Waals surface area contributed by atoms with Crippen LogP contribution in [0.15, 0.2) is 0 Å². The molecule has 1 atom stereocenters. The Morgan fingerprint density at radius 1 is 1.27 bits per heavy atom. The van der Waals surface area contributed by atoms with E-state index in [1.807, 2.05) is 0 Å². The van der Waals surface area contributed by atoms with Crippen LogP contribution in [0.2, 0.25) is 0 Å². The van der Waals surface area contributed by atoms with E-state index in [-0.39, 0.29) is 0 Å². The van der Waals surface area contributed by atoms with Gasteiger partial charge in [0.2, 0.25) is 0 Å². The molecule has 0 spiro atoms. The summed E-state index contributed by atoms with van der Waals surface area (Å²) in [6.45, 7) is 4.32. The summed E-state index contributed by atoms with van der Waals surface area (Å²) in [5, 5.41) is 0. The number of rotatable bonds is 6. The van der Waals surface area contributed by atoms with Crippen molar-refractivity contribution in [2.24, 2.45) is 11.7 Å². The topological polar surface area (TPSA) is 29.3 Å². The van der Waals surface area contributed by atoms with E-state index in [9.17, 15) is 0 Å². The quantitative estimate of drug-likeness (QED) is 0.631. The molecule has 0 aliphatic rings. The van der Waals surface area contributed by atoms with E-state index in [0.29, 0.717) is 0 Å². The Bertz CT molecular complexity index is 81.6. The molecule has 0 bridgehead atoms. The standard InChI is InChI=1S/C9H22N2/c1-9(6-7-10)5-4-8-11(2)3/h9H,4-8,10H2,1-3H3. The van der Waals surface area contributed by atoms with E-state index in [1.54, 1.807) is 0 Å². The average molecular weight is 158 g/mol. The summed E-state index contributed by atoms with van der Waals surface area (Å²) < 4.78 is 0. The molecule has 0 aromatic rings. The van der Waals surface area contributed by atoms with Crippen LogP contribution in [0.3, 0.4) is 0 Å². The first-order valence-corrected chi connectivity index (χ1v) is 4.51. The maximum Gasteiger partial charge on any atom is -0.00247 e. The number of hydrogen-bond donors (Lipinski definition) is 1. The predicted octanol–water partition coefficient (Wildman–Crippen LogP) is 1.31. The van der Waals surface area contributed by atoms with Crippen molar-refractivity contribution >= 4 is 0 Å². The number of nitrogens with two attached hydrogens (primary N) is 1. The normalized spacial score (nSPS) is 13.9. The first kappa shape index (κ1) is 10.9. The third kappa shape index (κ3) is 7.82. The second-order valence-corrected chi connectivity index (χ2v) is 3.63. The minimum Gasteiger partial charge on any atom is -0.330 e. The third-order valence-corrected chi connectivity index (χ3v) is 1.96. The fraction of sp³-hybridized carbons (Fsp3) is 1.00. The molecule has 2 heteroatoms. The predicted molar refractivity (Wildman–Crippen MR) is 50.6 cm³/mol. The van der Waals surface area contributed by atoms with Crippen LogP contribution in [-0.4, -0.2) is 32.1 Å². The first-order valence-electron chi connectivity index (χ1n) is 4.51. The molecule has 68 valence electrons. The highest BCUT2D eigenvalue weighted by Crippen LogP contribution is 2.08. The molecule has 0 fully saturated rings. The van der Waals surface area contributed by atoms with E-state index >= 15 is 0 Å². The van der Waals surface area contributed by atoms with Gasteiger partial charge in [-0.2, -0.15) is 0 Å². The Labute approximate surface area is 70.8 Å². The van der Waals surface area contributed by atoms with Gasteiger partial charge in [0.25, 0.3) is 0 Å². The van der Waals surface area contributed by atoms with Crippen LogP contribution in [0, 0.1) is 5.92 Å². The smallest absolute Gasteiger partial charge is 0.00247 e. The van der Waals surface area contributed by atoms with Crippen LogP contribution in [0.5, 0.6) is 0 Å². The van der Waals surface area contributed by atoms with Gasteiger partial charge in [-0.3, -0.25) is 0 Å². The average Bonchev–Trinajstić information content (AvgIpc) is 1.87. The molecule has 0 aliphatic carbocycles. The lowest BCUT2D eigenvalue weighted by atomic mass is 10.0. The molecular weight excluding hydrogens is 136 g/mol. The summed E-state index contributed by atoms with van der Waals surface area (Å²) in [6, 6.07) is 0. The number of hydrogen-bond acceptors (Lipinski definition) is 2. The van der Waals surface area contributed by atoms with Crippen molar-refractivity contribution in [2.75, 3.05) is 27.2 Å². The molecule has 0 aromatic heterocycles. The van der Waals surface area contributed by atoms with Gasteiger partial charge in [0, 0.05) is 0 Å². The molecule has 0 aliphatic heterocycles. The zero-order chi connectivity index (χ0) is 8.69. The molecule has 0 saturated heterocycles. The van der Waals surface area contributed by atoms with Crippen molar-refractivity contribution in [1.29, 1.82) is 0 Å². The Morgan fingerprint density at radius 2 is 1.91 bits per heavy atom. The van der Waals surface area contributed by atoms with Gasteiger partial charge in [-0.15, -0.1) is 0 Å². The lowest BCUT2D eigenvalue weighted by Gasteiger charge is -2.12. The van der Waals surface area contributed by atoms with Crippen LogP contribution < -0.4 is 5.73 Å². The zero-order valence-electron chi connectivity index (χ0n) is 8.14. The molecule has 2 nitrogen and oxygen atoms in total. The highest BCUT2D eigenvalue weighted by molar-refractivity contribution is 4.55. The second kappa shape index (κ2) is 6.62. The van der Waals surface area contributed by atoms with Crippen LogP contribution in [-0.2, 0) is 0 Å². The highest BCUT2D eigenvalue weighted by atomic mass is 15.0. The van der Waals surface area contributed by atoms with Gasteiger partial charge in [-0.25, -0.2) is 0 Å². The molecule has 0 radical (unpaired) electrons. The molecule has 0 heterocycles. The summed E-state index contributed by atoms with van der Waals surface area (Å²) >= 11 is 0. The number of nitrogens with zero attached hydrogens (tertiary/aromatic N) is 1. The molecule has 0 rings (SSSR count). The lowest BCUT2D eigenvalue weighted by molar-refractivity contribution is 0.368. The molecular formula is C9H22N2. The molecule has 11 heavy (non-hydrogen) atoms. The summed E-state index contributed by atoms with van der Waals surface area (Å²) in [4.78, 5) is 2.23. The van der Waals surface area contributed by atoms with Crippen molar-refractivity contribution < 1.29 is 0 Å². The van der Waals surface area contributed by atoms with E-state index in [2.05, 4.69) is 25.9 Å². The Balaban J connectivity index is 3.10. The summed E-state index contributed by atoms with van der Waals surface area (Å²) in [6.07, 6.45) is 3.79. The van der Waals surface area contributed by atoms with Crippen LogP contribution in [0.4, 0.5) is 0 Å². The second-order valence-electron chi connectivity index (χ2n) is 3.63. The fourth-order valence-corrected chi connectivity index (χ4v) is 1.18. The molecule has 1 unspecified atom stereocenters. The minimum absolute atomic E-state index is 0.806. The largest absolute Gasteiger partial charge is 0.330 e. The van der Waals surface area contributed by atoms with Gasteiger partial charge in [0.15, 0.2) is 0 Å².